The maximum absolute atomic E-state index is 11.8. The molecule has 0 saturated carbocycles. The third-order valence-electron chi connectivity index (χ3n) is 2.55. The molecule has 6 heteroatoms. The Kier molecular flexibility index (Phi) is 3.76. The fraction of sp³-hybridized carbons (Fsp3) is 0.417. The first-order valence-corrected chi connectivity index (χ1v) is 6.54. The summed E-state index contributed by atoms with van der Waals surface area (Å²) in [6.45, 7) is 4.37. The van der Waals surface area contributed by atoms with Crippen molar-refractivity contribution in [2.24, 2.45) is 7.05 Å². The van der Waals surface area contributed by atoms with E-state index in [9.17, 15) is 4.79 Å². The highest BCUT2D eigenvalue weighted by molar-refractivity contribution is 7.09. The van der Waals surface area contributed by atoms with Crippen molar-refractivity contribution < 1.29 is 9.53 Å². The lowest BCUT2D eigenvalue weighted by Gasteiger charge is -2.02. The number of esters is 1. The van der Waals surface area contributed by atoms with Crippen LogP contribution in [0.2, 0.25) is 0 Å². The average molecular weight is 265 g/mol. The molecule has 0 aliphatic carbocycles. The van der Waals surface area contributed by atoms with E-state index in [-0.39, 0.29) is 6.61 Å². The summed E-state index contributed by atoms with van der Waals surface area (Å²) in [4.78, 5) is 16.7. The summed E-state index contributed by atoms with van der Waals surface area (Å²) >= 11 is 1.46. The normalized spacial score (nSPS) is 10.9. The summed E-state index contributed by atoms with van der Waals surface area (Å²) in [5.74, 6) is -0.0727. The van der Waals surface area contributed by atoms with Crippen LogP contribution in [0.5, 0.6) is 0 Å². The molecule has 0 radical (unpaired) electrons. The van der Waals surface area contributed by atoms with Crippen LogP contribution in [0.1, 0.15) is 40.8 Å². The van der Waals surface area contributed by atoms with Crippen LogP contribution in [0.25, 0.3) is 0 Å². The van der Waals surface area contributed by atoms with Crippen molar-refractivity contribution in [2.75, 3.05) is 0 Å². The minimum absolute atomic E-state index is 0.247. The smallest absolute Gasteiger partial charge is 0.359 e. The highest BCUT2D eigenvalue weighted by Gasteiger charge is 2.16. The fourth-order valence-corrected chi connectivity index (χ4v) is 2.15. The van der Waals surface area contributed by atoms with Gasteiger partial charge in [0.05, 0.1) is 10.4 Å². The van der Waals surface area contributed by atoms with Gasteiger partial charge in [-0.1, -0.05) is 13.8 Å². The average Bonchev–Trinajstić information content (AvgIpc) is 2.94. The molecule has 2 aromatic rings. The predicted octanol–water partition coefficient (Wildman–Crippen LogP) is 2.36. The van der Waals surface area contributed by atoms with Gasteiger partial charge in [-0.15, -0.1) is 11.3 Å². The molecule has 2 heterocycles. The van der Waals surface area contributed by atoms with Gasteiger partial charge in [0.2, 0.25) is 0 Å². The second-order valence-electron chi connectivity index (χ2n) is 4.28. The molecule has 0 bridgehead atoms. The van der Waals surface area contributed by atoms with Crippen LogP contribution in [-0.2, 0) is 18.4 Å². The quantitative estimate of drug-likeness (QED) is 0.796. The van der Waals surface area contributed by atoms with E-state index in [1.807, 2.05) is 7.05 Å². The lowest BCUT2D eigenvalue weighted by atomic mass is 10.1. The van der Waals surface area contributed by atoms with Gasteiger partial charge < -0.3 is 4.74 Å². The third kappa shape index (κ3) is 2.76. The Balaban J connectivity index is 2.03. The van der Waals surface area contributed by atoms with E-state index in [1.54, 1.807) is 22.5 Å². The van der Waals surface area contributed by atoms with E-state index in [2.05, 4.69) is 23.9 Å². The Morgan fingerprint density at radius 1 is 1.56 bits per heavy atom. The summed E-state index contributed by atoms with van der Waals surface area (Å²) in [5, 5.41) is 4.16. The molecule has 0 unspecified atom stereocenters. The number of aromatic nitrogens is 3. The molecule has 96 valence electrons. The number of carbonyl (C=O) groups excluding carboxylic acids is 1. The standard InChI is InChI=1S/C12H15N3O2S/c1-8(2)11-4-10(14-15(11)3)12(16)17-6-9-5-13-7-18-9/h4-5,7-8H,6H2,1-3H3. The Bertz CT molecular complexity index is 532. The van der Waals surface area contributed by atoms with E-state index in [1.165, 1.54) is 11.3 Å². The Morgan fingerprint density at radius 2 is 2.33 bits per heavy atom. The molecule has 0 aliphatic heterocycles. The van der Waals surface area contributed by atoms with Gasteiger partial charge in [0.15, 0.2) is 5.69 Å². The van der Waals surface area contributed by atoms with Gasteiger partial charge in [-0.3, -0.25) is 9.67 Å². The highest BCUT2D eigenvalue weighted by atomic mass is 32.1. The van der Waals surface area contributed by atoms with Crippen molar-refractivity contribution in [3.8, 4) is 0 Å². The number of ether oxygens (including phenoxy) is 1. The fourth-order valence-electron chi connectivity index (χ4n) is 1.65. The first-order valence-electron chi connectivity index (χ1n) is 5.66. The summed E-state index contributed by atoms with van der Waals surface area (Å²) in [7, 11) is 1.83. The van der Waals surface area contributed by atoms with Crippen molar-refractivity contribution in [3.05, 3.63) is 34.0 Å². The van der Waals surface area contributed by atoms with Crippen LogP contribution >= 0.6 is 11.3 Å². The molecule has 0 saturated heterocycles. The first-order chi connectivity index (χ1) is 8.58. The molecule has 5 nitrogen and oxygen atoms in total. The van der Waals surface area contributed by atoms with E-state index in [0.29, 0.717) is 11.6 Å². The second-order valence-corrected chi connectivity index (χ2v) is 5.25. The topological polar surface area (TPSA) is 57.0 Å². The van der Waals surface area contributed by atoms with Gasteiger partial charge in [0, 0.05) is 18.9 Å². The number of thiazole rings is 1. The second kappa shape index (κ2) is 5.30. The number of hydrogen-bond acceptors (Lipinski definition) is 5. The van der Waals surface area contributed by atoms with E-state index in [4.69, 9.17) is 4.74 Å². The van der Waals surface area contributed by atoms with E-state index >= 15 is 0 Å². The summed E-state index contributed by atoms with van der Waals surface area (Å²) in [5.41, 5.74) is 3.08. The number of rotatable bonds is 4. The molecule has 0 N–H and O–H groups in total. The van der Waals surface area contributed by atoms with Gasteiger partial charge in [0.1, 0.15) is 6.61 Å². The Morgan fingerprint density at radius 3 is 2.89 bits per heavy atom. The predicted molar refractivity (Wildman–Crippen MR) is 68.5 cm³/mol. The lowest BCUT2D eigenvalue weighted by molar-refractivity contribution is 0.0468. The van der Waals surface area contributed by atoms with E-state index in [0.717, 1.165) is 10.6 Å². The molecule has 2 rings (SSSR count). The Hall–Kier alpha value is -1.69. The van der Waals surface area contributed by atoms with Crippen LogP contribution in [-0.4, -0.2) is 20.7 Å². The summed E-state index contributed by atoms with van der Waals surface area (Å²) in [6, 6.07) is 1.78. The third-order valence-corrected chi connectivity index (χ3v) is 3.30. The molecule has 0 aromatic carbocycles. The highest BCUT2D eigenvalue weighted by Crippen LogP contribution is 2.16. The van der Waals surface area contributed by atoms with Crippen molar-refractivity contribution in [3.63, 3.8) is 0 Å². The van der Waals surface area contributed by atoms with Gasteiger partial charge in [-0.2, -0.15) is 5.10 Å². The number of carbonyl (C=O) groups is 1. The van der Waals surface area contributed by atoms with Gasteiger partial charge in [0.25, 0.3) is 0 Å². The minimum Gasteiger partial charge on any atom is -0.455 e. The minimum atomic E-state index is -0.397. The monoisotopic (exact) mass is 265 g/mol. The molecule has 0 amide bonds. The van der Waals surface area contributed by atoms with Crippen LogP contribution in [0.4, 0.5) is 0 Å². The molecule has 2 aromatic heterocycles. The van der Waals surface area contributed by atoms with Crippen LogP contribution in [0.3, 0.4) is 0 Å². The molecule has 0 fully saturated rings. The zero-order chi connectivity index (χ0) is 13.1. The first kappa shape index (κ1) is 12.8. The van der Waals surface area contributed by atoms with Crippen molar-refractivity contribution >= 4 is 17.3 Å². The van der Waals surface area contributed by atoms with Crippen LogP contribution < -0.4 is 0 Å². The number of nitrogens with zero attached hydrogens (tertiary/aromatic N) is 3. The molecule has 0 spiro atoms. The molecular weight excluding hydrogens is 250 g/mol. The van der Waals surface area contributed by atoms with E-state index < -0.39 is 5.97 Å². The Labute approximate surface area is 109 Å². The van der Waals surface area contributed by atoms with Gasteiger partial charge in [-0.05, 0) is 12.0 Å². The molecular formula is C12H15N3O2S. The van der Waals surface area contributed by atoms with Crippen LogP contribution in [0.15, 0.2) is 17.8 Å². The van der Waals surface area contributed by atoms with Crippen molar-refractivity contribution in [1.29, 1.82) is 0 Å². The van der Waals surface area contributed by atoms with Gasteiger partial charge in [-0.25, -0.2) is 4.79 Å². The van der Waals surface area contributed by atoms with Crippen molar-refractivity contribution in [1.82, 2.24) is 14.8 Å². The zero-order valence-corrected chi connectivity index (χ0v) is 11.4. The molecule has 18 heavy (non-hydrogen) atoms. The van der Waals surface area contributed by atoms with Gasteiger partial charge >= 0.3 is 5.97 Å². The molecule has 0 atom stereocenters. The van der Waals surface area contributed by atoms with Crippen LogP contribution in [0, 0.1) is 0 Å². The largest absolute Gasteiger partial charge is 0.455 e. The summed E-state index contributed by atoms with van der Waals surface area (Å²) < 4.78 is 6.89. The number of aryl methyl sites for hydroxylation is 1. The molecule has 0 aliphatic rings. The maximum Gasteiger partial charge on any atom is 0.359 e. The lowest BCUT2D eigenvalue weighted by Crippen LogP contribution is -2.06. The summed E-state index contributed by atoms with van der Waals surface area (Å²) in [6.07, 6.45) is 1.69. The number of hydrogen-bond donors (Lipinski definition) is 0. The zero-order valence-electron chi connectivity index (χ0n) is 10.6. The maximum atomic E-state index is 11.8. The SMILES string of the molecule is CC(C)c1cc(C(=O)OCc2cncs2)nn1C. The van der Waals surface area contributed by atoms with Crippen molar-refractivity contribution in [2.45, 2.75) is 26.4 Å².